The van der Waals surface area contributed by atoms with Gasteiger partial charge in [0, 0.05) is 25.4 Å². The van der Waals surface area contributed by atoms with E-state index in [4.69, 9.17) is 0 Å². The molecular weight excluding hydrogens is 308 g/mol. The van der Waals surface area contributed by atoms with E-state index in [0.717, 1.165) is 29.7 Å². The summed E-state index contributed by atoms with van der Waals surface area (Å²) in [5, 5.41) is 0. The van der Waals surface area contributed by atoms with Gasteiger partial charge >= 0.3 is 0 Å². The Morgan fingerprint density at radius 3 is 2.52 bits per heavy atom. The molecular formula is C22H26N2O. The molecule has 2 aromatic rings. The lowest BCUT2D eigenvalue weighted by Gasteiger charge is -2.21. The maximum absolute atomic E-state index is 12.7. The molecule has 0 unspecified atom stereocenters. The van der Waals surface area contributed by atoms with Gasteiger partial charge in [0.25, 0.3) is 5.91 Å². The average molecular weight is 334 g/mol. The number of rotatable bonds is 3. The van der Waals surface area contributed by atoms with E-state index in [1.54, 1.807) is 4.90 Å². The van der Waals surface area contributed by atoms with Crippen LogP contribution in [0.15, 0.2) is 47.5 Å². The molecule has 0 aliphatic carbocycles. The molecule has 25 heavy (non-hydrogen) atoms. The number of aryl methyl sites for hydroxylation is 1. The first-order valence-corrected chi connectivity index (χ1v) is 8.85. The van der Waals surface area contributed by atoms with Crippen LogP contribution in [-0.2, 0) is 18.4 Å². The van der Waals surface area contributed by atoms with E-state index in [2.05, 4.69) is 56.1 Å². The molecule has 0 saturated heterocycles. The number of hydrogen-bond acceptors (Lipinski definition) is 2. The highest BCUT2D eigenvalue weighted by atomic mass is 16.2. The van der Waals surface area contributed by atoms with E-state index in [9.17, 15) is 4.79 Å². The number of carbonyl (C=O) groups is 1. The summed E-state index contributed by atoms with van der Waals surface area (Å²) in [6, 6.07) is 14.3. The van der Waals surface area contributed by atoms with E-state index in [0.29, 0.717) is 6.54 Å². The molecule has 0 radical (unpaired) electrons. The van der Waals surface area contributed by atoms with Crippen molar-refractivity contribution in [2.75, 3.05) is 7.05 Å². The van der Waals surface area contributed by atoms with Crippen LogP contribution in [0.1, 0.15) is 54.2 Å². The van der Waals surface area contributed by atoms with Gasteiger partial charge in [-0.1, -0.05) is 45.0 Å². The fraction of sp³-hybridized carbons (Fsp3) is 0.364. The highest BCUT2D eigenvalue weighted by Crippen LogP contribution is 2.26. The fourth-order valence-corrected chi connectivity index (χ4v) is 3.13. The van der Waals surface area contributed by atoms with Crippen molar-refractivity contribution in [1.29, 1.82) is 0 Å². The molecule has 130 valence electrons. The van der Waals surface area contributed by atoms with E-state index >= 15 is 0 Å². The molecule has 3 rings (SSSR count). The highest BCUT2D eigenvalue weighted by Gasteiger charge is 2.16. The third-order valence-electron chi connectivity index (χ3n) is 4.68. The minimum atomic E-state index is 0.0520. The zero-order chi connectivity index (χ0) is 18.0. The number of benzene rings is 2. The molecule has 1 heterocycles. The third-order valence-corrected chi connectivity index (χ3v) is 4.68. The predicted octanol–water partition coefficient (Wildman–Crippen LogP) is 4.90. The van der Waals surface area contributed by atoms with Crippen LogP contribution in [0.4, 0.5) is 5.69 Å². The quantitative estimate of drug-likeness (QED) is 0.785. The van der Waals surface area contributed by atoms with Crippen molar-refractivity contribution < 1.29 is 4.79 Å². The van der Waals surface area contributed by atoms with Gasteiger partial charge in [-0.3, -0.25) is 9.79 Å². The van der Waals surface area contributed by atoms with Gasteiger partial charge in [-0.15, -0.1) is 0 Å². The molecule has 0 fully saturated rings. The summed E-state index contributed by atoms with van der Waals surface area (Å²) in [7, 11) is 1.86. The summed E-state index contributed by atoms with van der Waals surface area (Å²) in [5.74, 6) is 0.0520. The smallest absolute Gasteiger partial charge is 0.253 e. The van der Waals surface area contributed by atoms with Crippen molar-refractivity contribution in [3.8, 4) is 0 Å². The van der Waals surface area contributed by atoms with E-state index in [-0.39, 0.29) is 11.3 Å². The normalized spacial score (nSPS) is 13.4. The number of carbonyl (C=O) groups excluding carboxylic acids is 1. The number of hydrogen-bond donors (Lipinski definition) is 0. The first-order chi connectivity index (χ1) is 11.8. The molecule has 0 aromatic heterocycles. The number of amides is 1. The zero-order valence-electron chi connectivity index (χ0n) is 15.5. The van der Waals surface area contributed by atoms with Crippen molar-refractivity contribution in [2.24, 2.45) is 4.99 Å². The summed E-state index contributed by atoms with van der Waals surface area (Å²) in [5.41, 5.74) is 5.55. The van der Waals surface area contributed by atoms with Crippen LogP contribution < -0.4 is 0 Å². The maximum Gasteiger partial charge on any atom is 0.253 e. The standard InChI is InChI=1S/C22H26N2O/c1-22(2,3)19-10-8-17(9-11-19)21(25)24(4)15-16-7-12-20-18(14-16)6-5-13-23-20/h7-14H,5-6,15H2,1-4H3. The topological polar surface area (TPSA) is 32.7 Å². The van der Waals surface area contributed by atoms with Crippen molar-refractivity contribution in [1.82, 2.24) is 4.90 Å². The maximum atomic E-state index is 12.7. The molecule has 2 aromatic carbocycles. The second-order valence-corrected chi connectivity index (χ2v) is 7.80. The van der Waals surface area contributed by atoms with Gasteiger partial charge in [0.05, 0.1) is 5.69 Å². The van der Waals surface area contributed by atoms with Gasteiger partial charge in [-0.25, -0.2) is 0 Å². The molecule has 1 aliphatic rings. The molecule has 3 heteroatoms. The Kier molecular flexibility index (Phi) is 4.76. The van der Waals surface area contributed by atoms with Gasteiger partial charge in [0.2, 0.25) is 0 Å². The van der Waals surface area contributed by atoms with Gasteiger partial charge in [0.1, 0.15) is 0 Å². The Morgan fingerprint density at radius 2 is 1.84 bits per heavy atom. The van der Waals surface area contributed by atoms with Crippen LogP contribution in [0.5, 0.6) is 0 Å². The summed E-state index contributed by atoms with van der Waals surface area (Å²) in [4.78, 5) is 18.9. The Morgan fingerprint density at radius 1 is 1.12 bits per heavy atom. The largest absolute Gasteiger partial charge is 0.337 e. The Labute approximate surface area is 150 Å². The Bertz CT molecular complexity index is 798. The lowest BCUT2D eigenvalue weighted by Crippen LogP contribution is -2.26. The zero-order valence-corrected chi connectivity index (χ0v) is 15.5. The van der Waals surface area contributed by atoms with Crippen molar-refractivity contribution >= 4 is 17.8 Å². The van der Waals surface area contributed by atoms with Crippen LogP contribution in [0, 0.1) is 0 Å². The lowest BCUT2D eigenvalue weighted by molar-refractivity contribution is 0.0785. The average Bonchev–Trinajstić information content (AvgIpc) is 2.60. The van der Waals surface area contributed by atoms with Crippen molar-refractivity contribution in [3.05, 3.63) is 64.7 Å². The van der Waals surface area contributed by atoms with Crippen molar-refractivity contribution in [3.63, 3.8) is 0 Å². The van der Waals surface area contributed by atoms with Crippen LogP contribution in [0.3, 0.4) is 0 Å². The van der Waals surface area contributed by atoms with Gasteiger partial charge in [-0.2, -0.15) is 0 Å². The molecule has 0 saturated carbocycles. The fourth-order valence-electron chi connectivity index (χ4n) is 3.13. The molecule has 0 atom stereocenters. The van der Waals surface area contributed by atoms with Gasteiger partial charge in [-0.05, 0) is 53.1 Å². The van der Waals surface area contributed by atoms with Gasteiger partial charge in [0.15, 0.2) is 0 Å². The minimum Gasteiger partial charge on any atom is -0.337 e. The van der Waals surface area contributed by atoms with E-state index in [1.807, 2.05) is 25.4 Å². The van der Waals surface area contributed by atoms with Crippen molar-refractivity contribution in [2.45, 2.75) is 45.6 Å². The molecule has 0 spiro atoms. The molecule has 3 nitrogen and oxygen atoms in total. The Hall–Kier alpha value is -2.42. The molecule has 1 aliphatic heterocycles. The van der Waals surface area contributed by atoms with E-state index in [1.165, 1.54) is 11.1 Å². The monoisotopic (exact) mass is 334 g/mol. The number of fused-ring (bicyclic) bond motifs is 1. The van der Waals surface area contributed by atoms with Crippen LogP contribution in [-0.4, -0.2) is 24.1 Å². The van der Waals surface area contributed by atoms with Crippen LogP contribution >= 0.6 is 0 Å². The summed E-state index contributed by atoms with van der Waals surface area (Å²) in [6.45, 7) is 7.14. The molecule has 0 N–H and O–H groups in total. The van der Waals surface area contributed by atoms with Crippen LogP contribution in [0.2, 0.25) is 0 Å². The van der Waals surface area contributed by atoms with E-state index < -0.39 is 0 Å². The number of nitrogens with zero attached hydrogens (tertiary/aromatic N) is 2. The SMILES string of the molecule is CN(Cc1ccc2c(c1)CCC=N2)C(=O)c1ccc(C(C)(C)C)cc1. The van der Waals surface area contributed by atoms with Crippen LogP contribution in [0.25, 0.3) is 0 Å². The minimum absolute atomic E-state index is 0.0520. The second kappa shape index (κ2) is 6.83. The highest BCUT2D eigenvalue weighted by molar-refractivity contribution is 5.94. The molecule has 0 bridgehead atoms. The first-order valence-electron chi connectivity index (χ1n) is 8.85. The molecule has 1 amide bonds. The summed E-state index contributed by atoms with van der Waals surface area (Å²) < 4.78 is 0. The van der Waals surface area contributed by atoms with Gasteiger partial charge < -0.3 is 4.90 Å². The predicted molar refractivity (Wildman–Crippen MR) is 104 cm³/mol. The number of aliphatic imine (C=N–C) groups is 1. The lowest BCUT2D eigenvalue weighted by atomic mass is 9.86. The Balaban J connectivity index is 1.71. The summed E-state index contributed by atoms with van der Waals surface area (Å²) >= 11 is 0. The first kappa shape index (κ1) is 17.4. The second-order valence-electron chi connectivity index (χ2n) is 7.80. The summed E-state index contributed by atoms with van der Waals surface area (Å²) in [6.07, 6.45) is 3.99. The third kappa shape index (κ3) is 3.98.